The second kappa shape index (κ2) is 27.0. The molecule has 0 aromatic heterocycles. The Hall–Kier alpha value is -3.58. The van der Waals surface area contributed by atoms with Crippen molar-refractivity contribution in [3.05, 3.63) is 93.5 Å². The van der Waals surface area contributed by atoms with Gasteiger partial charge in [0.05, 0.1) is 29.5 Å². The van der Waals surface area contributed by atoms with Gasteiger partial charge in [-0.25, -0.2) is 0 Å². The first-order valence-electron chi connectivity index (χ1n) is 9.99. The number of hydrogen-bond donors (Lipinski definition) is 0. The minimum atomic E-state index is -1.75. The summed E-state index contributed by atoms with van der Waals surface area (Å²) in [6, 6.07) is 10.2. The van der Waals surface area contributed by atoms with E-state index in [-0.39, 0.29) is 68.5 Å². The molecule has 18 nitrogen and oxygen atoms in total. The Morgan fingerprint density at radius 3 is 1.20 bits per heavy atom. The van der Waals surface area contributed by atoms with Gasteiger partial charge in [0.15, 0.2) is 0 Å². The summed E-state index contributed by atoms with van der Waals surface area (Å²) >= 11 is 0. The van der Waals surface area contributed by atoms with Crippen LogP contribution in [-0.2, 0) is 17.1 Å². The predicted octanol–water partition coefficient (Wildman–Crippen LogP) is 1.45. The number of unbranched alkanes of at least 4 members (excludes halogenated alkanes) is 1. The molecule has 2 aromatic carbocycles. The van der Waals surface area contributed by atoms with Gasteiger partial charge < -0.3 is 65.7 Å². The summed E-state index contributed by atoms with van der Waals surface area (Å²) in [7, 11) is 2.94. The van der Waals surface area contributed by atoms with Crippen molar-refractivity contribution < 1.29 is 92.0 Å². The van der Waals surface area contributed by atoms with E-state index in [1.807, 2.05) is 0 Å². The predicted molar refractivity (Wildman–Crippen MR) is 130 cm³/mol. The minimum absolute atomic E-state index is 0. The first-order chi connectivity index (χ1) is 17.9. The smallest absolute Gasteiger partial charge is 0.870 e. The number of nitrogens with zero attached hydrogens (tertiary/aromatic N) is 5. The van der Waals surface area contributed by atoms with Crippen LogP contribution >= 0.6 is 0 Å². The fourth-order valence-electron chi connectivity index (χ4n) is 2.32. The van der Waals surface area contributed by atoms with E-state index < -0.39 is 15.3 Å². The molecule has 40 heavy (non-hydrogen) atoms. The molecular weight excluding hydrogens is 739 g/mol. The molecule has 0 N–H and O–H groups in total. The van der Waals surface area contributed by atoms with Gasteiger partial charge in [-0.1, -0.05) is 35.8 Å². The number of aliphatic imine (C=N–C) groups is 2. The molecule has 0 saturated carbocycles. The van der Waals surface area contributed by atoms with E-state index in [1.165, 1.54) is 14.2 Å². The summed E-state index contributed by atoms with van der Waals surface area (Å²) in [5, 5.41) is 68.1. The van der Waals surface area contributed by atoms with Gasteiger partial charge in [0.2, 0.25) is 0 Å². The SMILES string of the molecule is COc1cccc(C=NCCCCN=Cc2cccc(OC)c2[O-])c1[O-].O=[N+]([O-])[O-].O=[N+]([O-])[O-].O=[N+]([O-])[O-].[Cu+2].[Gd+3]. The van der Waals surface area contributed by atoms with Crippen LogP contribution in [0.5, 0.6) is 23.0 Å². The number of ether oxygens (including phenoxy) is 2. The molecule has 2 radical (unpaired) electrons. The molecule has 0 aliphatic rings. The summed E-state index contributed by atoms with van der Waals surface area (Å²) in [6.07, 6.45) is 4.84. The summed E-state index contributed by atoms with van der Waals surface area (Å²) < 4.78 is 9.99. The summed E-state index contributed by atoms with van der Waals surface area (Å²) in [4.78, 5) is 33.3. The Balaban J connectivity index is -0.000000392. The van der Waals surface area contributed by atoms with E-state index in [9.17, 15) is 10.2 Å². The van der Waals surface area contributed by atoms with E-state index in [4.69, 9.17) is 55.4 Å². The first-order valence-corrected chi connectivity index (χ1v) is 9.99. The van der Waals surface area contributed by atoms with Gasteiger partial charge in [0.1, 0.15) is 11.5 Å². The molecule has 0 aliphatic carbocycles. The minimum Gasteiger partial charge on any atom is -0.870 e. The van der Waals surface area contributed by atoms with E-state index in [0.717, 1.165) is 12.8 Å². The Labute approximate surface area is 269 Å². The molecule has 0 aliphatic heterocycles. The number of hydrogen-bond acceptors (Lipinski definition) is 15. The van der Waals surface area contributed by atoms with Crippen molar-refractivity contribution in [2.45, 2.75) is 12.8 Å². The maximum Gasteiger partial charge on any atom is 3.00 e. The fraction of sp³-hybridized carbons (Fsp3) is 0.300. The third-order valence-corrected chi connectivity index (χ3v) is 3.74. The molecule has 0 heterocycles. The Kier molecular flexibility index (Phi) is 29.4. The topological polar surface area (TPSA) is 288 Å². The molecule has 0 atom stereocenters. The van der Waals surface area contributed by atoms with E-state index in [1.54, 1.807) is 48.8 Å². The zero-order valence-electron chi connectivity index (χ0n) is 20.6. The molecule has 2 aromatic rings. The maximum atomic E-state index is 11.9. The molecule has 0 fully saturated rings. The third-order valence-electron chi connectivity index (χ3n) is 3.74. The Bertz CT molecular complexity index is 971. The van der Waals surface area contributed by atoms with Crippen LogP contribution in [0.2, 0.25) is 0 Å². The molecule has 20 heteroatoms. The summed E-state index contributed by atoms with van der Waals surface area (Å²) in [6.45, 7) is 1.22. The normalized spacial score (nSPS) is 9.15. The van der Waals surface area contributed by atoms with E-state index in [2.05, 4.69) is 9.98 Å². The van der Waals surface area contributed by atoms with Crippen LogP contribution in [0.15, 0.2) is 46.4 Å². The molecule has 224 valence electrons. The monoisotopic (exact) mass is 761 g/mol. The van der Waals surface area contributed by atoms with Crippen LogP contribution < -0.4 is 19.7 Å². The number of rotatable bonds is 9. The zero-order valence-corrected chi connectivity index (χ0v) is 23.9. The van der Waals surface area contributed by atoms with Crippen molar-refractivity contribution in [2.24, 2.45) is 9.98 Å². The van der Waals surface area contributed by atoms with Crippen molar-refractivity contribution in [1.29, 1.82) is 0 Å². The van der Waals surface area contributed by atoms with Crippen LogP contribution in [0, 0.1) is 85.9 Å². The molecular formula is C20H22CuGdN5O13. The van der Waals surface area contributed by atoms with Crippen LogP contribution in [0.3, 0.4) is 0 Å². The van der Waals surface area contributed by atoms with Crippen molar-refractivity contribution in [3.8, 4) is 23.0 Å². The number of methoxy groups -OCH3 is 2. The van der Waals surface area contributed by atoms with Crippen molar-refractivity contribution in [1.82, 2.24) is 0 Å². The third kappa shape index (κ3) is 24.7. The van der Waals surface area contributed by atoms with Crippen LogP contribution in [0.25, 0.3) is 0 Å². The van der Waals surface area contributed by atoms with Crippen LogP contribution in [-0.4, -0.2) is 55.0 Å². The van der Waals surface area contributed by atoms with E-state index in [0.29, 0.717) is 35.7 Å². The summed E-state index contributed by atoms with van der Waals surface area (Å²) in [5.74, 6) is 0.322. The maximum absolute atomic E-state index is 11.9. The number of para-hydroxylation sites is 2. The van der Waals surface area contributed by atoms with Gasteiger partial charge in [-0.3, -0.25) is 9.98 Å². The van der Waals surface area contributed by atoms with Crippen molar-refractivity contribution in [3.63, 3.8) is 0 Å². The zero-order chi connectivity index (χ0) is 29.5. The Morgan fingerprint density at radius 1 is 0.675 bits per heavy atom. The van der Waals surface area contributed by atoms with Crippen LogP contribution in [0.1, 0.15) is 24.0 Å². The van der Waals surface area contributed by atoms with E-state index >= 15 is 0 Å². The molecule has 0 amide bonds. The molecule has 0 unspecified atom stereocenters. The van der Waals surface area contributed by atoms with Crippen molar-refractivity contribution >= 4 is 12.4 Å². The van der Waals surface area contributed by atoms with Crippen LogP contribution in [0.4, 0.5) is 0 Å². The second-order valence-electron chi connectivity index (χ2n) is 6.21. The molecule has 0 spiro atoms. The average molecular weight is 761 g/mol. The molecule has 0 bridgehead atoms. The average Bonchev–Trinajstić information content (AvgIpc) is 2.81. The van der Waals surface area contributed by atoms with Gasteiger partial charge in [-0.15, -0.1) is 0 Å². The largest absolute Gasteiger partial charge is 3.00 e. The quantitative estimate of drug-likeness (QED) is 0.115. The molecule has 0 saturated heterocycles. The first kappa shape index (κ1) is 43.5. The van der Waals surface area contributed by atoms with Gasteiger partial charge in [0, 0.05) is 25.5 Å². The number of benzene rings is 2. The van der Waals surface area contributed by atoms with Gasteiger partial charge in [-0.05, 0) is 36.1 Å². The Morgan fingerprint density at radius 2 is 0.950 bits per heavy atom. The fourth-order valence-corrected chi connectivity index (χ4v) is 2.32. The van der Waals surface area contributed by atoms with Gasteiger partial charge in [0.25, 0.3) is 0 Å². The van der Waals surface area contributed by atoms with Gasteiger partial charge >= 0.3 is 57.0 Å². The standard InChI is InChI=1S/C20H24N2O4.Cu.Gd.3NO3/c1-25-17-9-5-7-15(19(17)23)13-21-11-3-4-12-22-14-16-8-6-10-18(26-2)20(16)24;;;3*2-1(3)4/h5-10,13-14,23-24H,3-4,11-12H2,1-2H3;;;;;/q;+2;+3;3*-1/p-2. The second-order valence-corrected chi connectivity index (χ2v) is 6.21. The summed E-state index contributed by atoms with van der Waals surface area (Å²) in [5.41, 5.74) is 1.03. The molecule has 2 rings (SSSR count). The van der Waals surface area contributed by atoms with Gasteiger partial charge in [-0.2, -0.15) is 0 Å². The van der Waals surface area contributed by atoms with Crippen molar-refractivity contribution in [2.75, 3.05) is 27.3 Å².